The standard InChI is InChI=1S/C20H20N8O2.C9H8F4N2O/c29-18(13-28-25-20(24-26-28)27-10-4-5-11-27)23-19-21-16-9-8-15(12-17(16)22-19)30-14-6-2-1-3-7-14;1-14-8(16)15-7-4-5(9(11,12)13)2-3-6(7)10/h1-3,6-9,12H,4-5,10-11,13H2,(H2,21,22,23,29);2-4H,1H3,(H2,14,15,16). The molecule has 1 fully saturated rings. The van der Waals surface area contributed by atoms with Crippen LogP contribution >= 0.6 is 0 Å². The first-order valence-electron chi connectivity index (χ1n) is 14.0. The van der Waals surface area contributed by atoms with Crippen LogP contribution in [-0.4, -0.2) is 62.3 Å². The predicted molar refractivity (Wildman–Crippen MR) is 160 cm³/mol. The fourth-order valence-corrected chi connectivity index (χ4v) is 4.36. The number of carbonyl (C=O) groups excluding carboxylic acids is 2. The van der Waals surface area contributed by atoms with E-state index in [-0.39, 0.29) is 12.5 Å². The SMILES string of the molecule is CNC(=O)Nc1cc(C(F)(F)F)ccc1F.O=C(Cn1nnc(N2CCCC2)n1)Nc1nc2ccc(Oc3ccccc3)cc2[nH]1. The van der Waals surface area contributed by atoms with Crippen LogP contribution in [-0.2, 0) is 17.5 Å². The van der Waals surface area contributed by atoms with Gasteiger partial charge in [-0.1, -0.05) is 23.3 Å². The number of aromatic amines is 1. The van der Waals surface area contributed by atoms with Crippen molar-refractivity contribution in [3.63, 3.8) is 0 Å². The van der Waals surface area contributed by atoms with Gasteiger partial charge in [-0.15, -0.1) is 5.10 Å². The zero-order valence-electron chi connectivity index (χ0n) is 24.3. The smallest absolute Gasteiger partial charge is 0.416 e. The summed E-state index contributed by atoms with van der Waals surface area (Å²) in [5, 5.41) is 19.1. The highest BCUT2D eigenvalue weighted by atomic mass is 19.4. The number of fused-ring (bicyclic) bond motifs is 1. The fourth-order valence-electron chi connectivity index (χ4n) is 4.36. The average Bonchev–Trinajstić information content (AvgIpc) is 3.80. The van der Waals surface area contributed by atoms with Crippen molar-refractivity contribution in [1.82, 2.24) is 35.5 Å². The second kappa shape index (κ2) is 13.9. The van der Waals surface area contributed by atoms with Gasteiger partial charge < -0.3 is 25.3 Å². The lowest BCUT2D eigenvalue weighted by Gasteiger charge is -2.10. The molecule has 5 aromatic rings. The lowest BCUT2D eigenvalue weighted by molar-refractivity contribution is -0.137. The van der Waals surface area contributed by atoms with E-state index in [2.05, 4.69) is 40.9 Å². The van der Waals surface area contributed by atoms with Gasteiger partial charge in [-0.25, -0.2) is 14.2 Å². The van der Waals surface area contributed by atoms with Gasteiger partial charge in [0.1, 0.15) is 23.9 Å². The molecule has 0 atom stereocenters. The van der Waals surface area contributed by atoms with Gasteiger partial charge in [0.25, 0.3) is 5.95 Å². The van der Waals surface area contributed by atoms with Crippen LogP contribution < -0.4 is 25.6 Å². The Labute approximate surface area is 258 Å². The minimum atomic E-state index is -4.58. The number of amides is 3. The Morgan fingerprint density at radius 2 is 1.74 bits per heavy atom. The first-order valence-corrected chi connectivity index (χ1v) is 14.0. The van der Waals surface area contributed by atoms with E-state index in [1.54, 1.807) is 0 Å². The van der Waals surface area contributed by atoms with Crippen molar-refractivity contribution in [2.24, 2.45) is 0 Å². The number of tetrazole rings is 1. The molecule has 17 heteroatoms. The zero-order chi connectivity index (χ0) is 32.7. The van der Waals surface area contributed by atoms with E-state index in [0.29, 0.717) is 35.8 Å². The van der Waals surface area contributed by atoms with Crippen LogP contribution in [0, 0.1) is 5.82 Å². The van der Waals surface area contributed by atoms with Crippen molar-refractivity contribution in [3.8, 4) is 11.5 Å². The molecule has 0 unspecified atom stereocenters. The summed E-state index contributed by atoms with van der Waals surface area (Å²) in [5.41, 5.74) is -0.0654. The van der Waals surface area contributed by atoms with Crippen LogP contribution in [0.4, 0.5) is 39.9 Å². The summed E-state index contributed by atoms with van der Waals surface area (Å²) >= 11 is 0. The number of hydrogen-bond acceptors (Lipinski definition) is 8. The molecule has 1 aliphatic heterocycles. The maximum absolute atomic E-state index is 13.0. The number of rotatable bonds is 7. The summed E-state index contributed by atoms with van der Waals surface area (Å²) < 4.78 is 55.7. The average molecular weight is 641 g/mol. The largest absolute Gasteiger partial charge is 0.457 e. The summed E-state index contributed by atoms with van der Waals surface area (Å²) in [6, 6.07) is 16.0. The molecule has 13 nitrogen and oxygen atoms in total. The van der Waals surface area contributed by atoms with Crippen LogP contribution in [0.1, 0.15) is 18.4 Å². The third-order valence-corrected chi connectivity index (χ3v) is 6.58. The lowest BCUT2D eigenvalue weighted by Crippen LogP contribution is -2.25. The van der Waals surface area contributed by atoms with E-state index in [4.69, 9.17) is 4.74 Å². The zero-order valence-corrected chi connectivity index (χ0v) is 24.3. The molecule has 6 rings (SSSR count). The molecular weight excluding hydrogens is 612 g/mol. The number of aromatic nitrogens is 6. The Morgan fingerprint density at radius 3 is 2.46 bits per heavy atom. The molecule has 240 valence electrons. The van der Waals surface area contributed by atoms with Gasteiger partial charge in [-0.3, -0.25) is 10.1 Å². The maximum atomic E-state index is 13.0. The van der Waals surface area contributed by atoms with Crippen molar-refractivity contribution >= 4 is 40.6 Å². The summed E-state index contributed by atoms with van der Waals surface area (Å²) in [5.74, 6) is 1.12. The maximum Gasteiger partial charge on any atom is 0.416 e. The third-order valence-electron chi connectivity index (χ3n) is 6.58. The van der Waals surface area contributed by atoms with Crippen molar-refractivity contribution in [3.05, 3.63) is 78.1 Å². The van der Waals surface area contributed by atoms with E-state index in [9.17, 15) is 27.2 Å². The number of urea groups is 1. The fraction of sp³-hybridized carbons (Fsp3) is 0.241. The number of anilines is 3. The summed E-state index contributed by atoms with van der Waals surface area (Å²) in [7, 11) is 1.26. The highest BCUT2D eigenvalue weighted by molar-refractivity contribution is 5.91. The molecular formula is C29H28F4N10O3. The number of H-pyrrole nitrogens is 1. The molecule has 3 aromatic carbocycles. The minimum Gasteiger partial charge on any atom is -0.457 e. The summed E-state index contributed by atoms with van der Waals surface area (Å²) in [6.07, 6.45) is -2.33. The van der Waals surface area contributed by atoms with Gasteiger partial charge in [0.15, 0.2) is 0 Å². The lowest BCUT2D eigenvalue weighted by atomic mass is 10.2. The second-order valence-electron chi connectivity index (χ2n) is 9.94. The molecule has 3 amide bonds. The van der Waals surface area contributed by atoms with Crippen LogP contribution in [0.2, 0.25) is 0 Å². The number of carbonyl (C=O) groups is 2. The van der Waals surface area contributed by atoms with Gasteiger partial charge in [0.05, 0.1) is 22.3 Å². The van der Waals surface area contributed by atoms with E-state index >= 15 is 0 Å². The molecule has 0 radical (unpaired) electrons. The van der Waals surface area contributed by atoms with Crippen LogP contribution in [0.25, 0.3) is 11.0 Å². The van der Waals surface area contributed by atoms with Gasteiger partial charge in [0.2, 0.25) is 11.9 Å². The molecule has 2 aromatic heterocycles. The van der Waals surface area contributed by atoms with E-state index in [1.165, 1.54) is 11.8 Å². The predicted octanol–water partition coefficient (Wildman–Crippen LogP) is 5.18. The van der Waals surface area contributed by atoms with Crippen molar-refractivity contribution < 1.29 is 31.9 Å². The monoisotopic (exact) mass is 640 g/mol. The van der Waals surface area contributed by atoms with Gasteiger partial charge >= 0.3 is 12.2 Å². The summed E-state index contributed by atoms with van der Waals surface area (Å²) in [4.78, 5) is 34.0. The van der Waals surface area contributed by atoms with Crippen molar-refractivity contribution in [2.75, 3.05) is 35.7 Å². The van der Waals surface area contributed by atoms with E-state index < -0.39 is 29.3 Å². The molecule has 0 aliphatic carbocycles. The topological polar surface area (TPSA) is 155 Å². The normalized spacial score (nSPS) is 12.8. The summed E-state index contributed by atoms with van der Waals surface area (Å²) in [6.45, 7) is 1.81. The van der Waals surface area contributed by atoms with Gasteiger partial charge in [0, 0.05) is 26.2 Å². The molecule has 0 saturated carbocycles. The number of imidazole rings is 1. The van der Waals surface area contributed by atoms with Crippen LogP contribution in [0.5, 0.6) is 11.5 Å². The number of nitrogens with zero attached hydrogens (tertiary/aromatic N) is 6. The number of alkyl halides is 3. The van der Waals surface area contributed by atoms with Gasteiger partial charge in [-0.05, 0) is 60.5 Å². The molecule has 3 heterocycles. The molecule has 0 bridgehead atoms. The van der Waals surface area contributed by atoms with Gasteiger partial charge in [-0.2, -0.15) is 18.0 Å². The number of para-hydroxylation sites is 1. The van der Waals surface area contributed by atoms with Crippen LogP contribution in [0.15, 0.2) is 66.7 Å². The quantitative estimate of drug-likeness (QED) is 0.178. The highest BCUT2D eigenvalue weighted by Gasteiger charge is 2.31. The third kappa shape index (κ3) is 8.25. The number of nitrogens with one attached hydrogen (secondary N) is 4. The second-order valence-corrected chi connectivity index (χ2v) is 9.94. The van der Waals surface area contributed by atoms with E-state index in [0.717, 1.165) is 42.7 Å². The number of ether oxygens (including phenoxy) is 1. The van der Waals surface area contributed by atoms with Crippen molar-refractivity contribution in [1.29, 1.82) is 0 Å². The van der Waals surface area contributed by atoms with Crippen LogP contribution in [0.3, 0.4) is 0 Å². The Kier molecular flexibility index (Phi) is 9.58. The molecule has 1 saturated heterocycles. The first kappa shape index (κ1) is 31.7. The Bertz CT molecular complexity index is 1800. The minimum absolute atomic E-state index is 0.0414. The molecule has 0 spiro atoms. The molecule has 1 aliphatic rings. The first-order chi connectivity index (χ1) is 22.1. The Hall–Kier alpha value is -5.74. The molecule has 46 heavy (non-hydrogen) atoms. The highest BCUT2D eigenvalue weighted by Crippen LogP contribution is 2.32. The number of halogens is 4. The Balaban J connectivity index is 0.000000222. The molecule has 4 N–H and O–H groups in total. The van der Waals surface area contributed by atoms with E-state index in [1.807, 2.05) is 53.8 Å². The Morgan fingerprint density at radius 1 is 0.978 bits per heavy atom. The number of benzene rings is 3. The van der Waals surface area contributed by atoms with Crippen molar-refractivity contribution in [2.45, 2.75) is 25.6 Å². The number of hydrogen-bond donors (Lipinski definition) is 4.